The van der Waals surface area contributed by atoms with Gasteiger partial charge in [-0.1, -0.05) is 0 Å². The molecular weight excluding hydrogens is 187 g/mol. The van der Waals surface area contributed by atoms with Crippen LogP contribution < -0.4 is 4.74 Å². The number of benzene rings is 1. The van der Waals surface area contributed by atoms with Crippen molar-refractivity contribution in [2.45, 2.75) is 13.8 Å². The molecule has 3 nitrogen and oxygen atoms in total. The van der Waals surface area contributed by atoms with Crippen LogP contribution in [0.4, 0.5) is 4.39 Å². The molecule has 4 heteroatoms. The Morgan fingerprint density at radius 1 is 1.57 bits per heavy atom. The van der Waals surface area contributed by atoms with Gasteiger partial charge in [0.05, 0.1) is 12.2 Å². The van der Waals surface area contributed by atoms with Gasteiger partial charge in [-0.2, -0.15) is 0 Å². The monoisotopic (exact) mass is 198 g/mol. The zero-order valence-corrected chi connectivity index (χ0v) is 8.00. The Hall–Kier alpha value is -1.58. The van der Waals surface area contributed by atoms with Gasteiger partial charge in [0.2, 0.25) is 0 Å². The lowest BCUT2D eigenvalue weighted by Gasteiger charge is -2.09. The summed E-state index contributed by atoms with van der Waals surface area (Å²) in [6, 6.07) is 1.96. The molecule has 0 atom stereocenters. The van der Waals surface area contributed by atoms with Crippen molar-refractivity contribution in [3.05, 3.63) is 23.5 Å². The molecular formula is C10H11FO3. The van der Waals surface area contributed by atoms with E-state index in [0.29, 0.717) is 6.61 Å². The molecule has 1 N–H and O–H groups in total. The molecule has 0 aliphatic carbocycles. The third kappa shape index (κ3) is 2.02. The fraction of sp³-hybridized carbons (Fsp3) is 0.300. The number of phenolic OH excluding ortho intramolecular Hbond substituents is 1. The second kappa shape index (κ2) is 4.09. The normalized spacial score (nSPS) is 9.93. The summed E-state index contributed by atoms with van der Waals surface area (Å²) in [4.78, 5) is 11.1. The molecule has 0 unspecified atom stereocenters. The summed E-state index contributed by atoms with van der Waals surface area (Å²) in [5, 5.41) is 9.33. The molecule has 0 aliphatic heterocycles. The van der Waals surface area contributed by atoms with E-state index in [1.807, 2.05) is 0 Å². The Morgan fingerprint density at radius 2 is 2.21 bits per heavy atom. The lowest BCUT2D eigenvalue weighted by Crippen LogP contribution is -2.01. The van der Waals surface area contributed by atoms with E-state index in [1.165, 1.54) is 6.92 Å². The van der Waals surface area contributed by atoms with Crippen molar-refractivity contribution in [1.29, 1.82) is 0 Å². The quantitative estimate of drug-likeness (QED) is 0.757. The van der Waals surface area contributed by atoms with E-state index >= 15 is 0 Å². The van der Waals surface area contributed by atoms with Gasteiger partial charge >= 0.3 is 0 Å². The van der Waals surface area contributed by atoms with E-state index in [2.05, 4.69) is 0 Å². The Labute approximate surface area is 81.1 Å². The van der Waals surface area contributed by atoms with Crippen molar-refractivity contribution in [3.8, 4) is 11.5 Å². The maximum absolute atomic E-state index is 12.8. The first-order chi connectivity index (χ1) is 6.56. The lowest BCUT2D eigenvalue weighted by atomic mass is 10.1. The molecule has 76 valence electrons. The molecule has 0 amide bonds. The molecule has 0 fully saturated rings. The number of ether oxygens (including phenoxy) is 1. The first kappa shape index (κ1) is 10.5. The number of ketones is 1. The highest BCUT2D eigenvalue weighted by Crippen LogP contribution is 2.31. The Bertz CT molecular complexity index is 361. The van der Waals surface area contributed by atoms with Crippen molar-refractivity contribution in [2.75, 3.05) is 6.61 Å². The van der Waals surface area contributed by atoms with Crippen LogP contribution in [0.3, 0.4) is 0 Å². The maximum atomic E-state index is 12.8. The zero-order valence-electron chi connectivity index (χ0n) is 8.00. The first-order valence-corrected chi connectivity index (χ1v) is 4.22. The van der Waals surface area contributed by atoms with Crippen LogP contribution in [0.2, 0.25) is 0 Å². The highest BCUT2D eigenvalue weighted by atomic mass is 19.1. The van der Waals surface area contributed by atoms with Crippen LogP contribution in [-0.4, -0.2) is 17.5 Å². The topological polar surface area (TPSA) is 46.5 Å². The molecule has 0 saturated heterocycles. The van der Waals surface area contributed by atoms with E-state index in [4.69, 9.17) is 4.74 Å². The highest BCUT2D eigenvalue weighted by Gasteiger charge is 2.14. The molecule has 0 bridgehead atoms. The predicted octanol–water partition coefficient (Wildman–Crippen LogP) is 2.13. The number of Topliss-reactive ketones (excluding diaryl/α,β-unsaturated/α-hetero) is 1. The Kier molecular flexibility index (Phi) is 3.06. The zero-order chi connectivity index (χ0) is 10.7. The van der Waals surface area contributed by atoms with E-state index in [0.717, 1.165) is 12.1 Å². The van der Waals surface area contributed by atoms with Gasteiger partial charge < -0.3 is 9.84 Å². The predicted molar refractivity (Wildman–Crippen MR) is 49.2 cm³/mol. The van der Waals surface area contributed by atoms with Crippen LogP contribution in [0.5, 0.6) is 11.5 Å². The average Bonchev–Trinajstić information content (AvgIpc) is 2.09. The Morgan fingerprint density at radius 3 is 2.71 bits per heavy atom. The molecule has 1 aromatic carbocycles. The van der Waals surface area contributed by atoms with Crippen molar-refractivity contribution >= 4 is 5.78 Å². The van der Waals surface area contributed by atoms with Crippen LogP contribution in [0.15, 0.2) is 12.1 Å². The van der Waals surface area contributed by atoms with Gasteiger partial charge in [0.25, 0.3) is 0 Å². The number of carbonyl (C=O) groups is 1. The fourth-order valence-electron chi connectivity index (χ4n) is 1.14. The largest absolute Gasteiger partial charge is 0.504 e. The van der Waals surface area contributed by atoms with E-state index in [1.54, 1.807) is 6.92 Å². The number of aromatic hydroxyl groups is 1. The Balaban J connectivity index is 3.28. The third-order valence-corrected chi connectivity index (χ3v) is 1.70. The molecule has 0 aromatic heterocycles. The molecule has 0 aliphatic rings. The van der Waals surface area contributed by atoms with Crippen LogP contribution in [0, 0.1) is 5.82 Å². The minimum absolute atomic E-state index is 0.0430. The lowest BCUT2D eigenvalue weighted by molar-refractivity contribution is 0.101. The summed E-state index contributed by atoms with van der Waals surface area (Å²) in [5.74, 6) is -1.31. The van der Waals surface area contributed by atoms with Gasteiger partial charge in [-0.05, 0) is 19.9 Å². The smallest absolute Gasteiger partial charge is 0.171 e. The molecule has 0 radical (unpaired) electrons. The van der Waals surface area contributed by atoms with Gasteiger partial charge in [-0.3, -0.25) is 4.79 Å². The van der Waals surface area contributed by atoms with Crippen molar-refractivity contribution < 1.29 is 19.0 Å². The summed E-state index contributed by atoms with van der Waals surface area (Å²) >= 11 is 0. The van der Waals surface area contributed by atoms with E-state index in [-0.39, 0.29) is 22.8 Å². The average molecular weight is 198 g/mol. The summed E-state index contributed by atoms with van der Waals surface area (Å²) in [6.07, 6.45) is 0. The second-order valence-corrected chi connectivity index (χ2v) is 2.79. The summed E-state index contributed by atoms with van der Waals surface area (Å²) in [7, 11) is 0. The molecule has 14 heavy (non-hydrogen) atoms. The van der Waals surface area contributed by atoms with Gasteiger partial charge in [-0.15, -0.1) is 0 Å². The molecule has 0 heterocycles. The standard InChI is InChI=1S/C10H11FO3/c1-3-14-10-8(6(2)12)4-7(11)5-9(10)13/h4-5,13H,3H2,1-2H3. The van der Waals surface area contributed by atoms with E-state index in [9.17, 15) is 14.3 Å². The molecule has 1 aromatic rings. The number of hydrogen-bond donors (Lipinski definition) is 1. The summed E-state index contributed by atoms with van der Waals surface area (Å²) < 4.78 is 17.9. The number of halogens is 1. The fourth-order valence-corrected chi connectivity index (χ4v) is 1.14. The minimum Gasteiger partial charge on any atom is -0.504 e. The number of rotatable bonds is 3. The minimum atomic E-state index is -0.656. The van der Waals surface area contributed by atoms with Crippen LogP contribution in [-0.2, 0) is 0 Å². The van der Waals surface area contributed by atoms with Crippen molar-refractivity contribution in [3.63, 3.8) is 0 Å². The van der Waals surface area contributed by atoms with Gasteiger partial charge in [0, 0.05) is 6.07 Å². The second-order valence-electron chi connectivity index (χ2n) is 2.79. The molecule has 0 spiro atoms. The SMILES string of the molecule is CCOc1c(O)cc(F)cc1C(C)=O. The molecule has 0 saturated carbocycles. The van der Waals surface area contributed by atoms with Gasteiger partial charge in [0.1, 0.15) is 5.82 Å². The third-order valence-electron chi connectivity index (χ3n) is 1.70. The van der Waals surface area contributed by atoms with Crippen LogP contribution in [0.1, 0.15) is 24.2 Å². The number of phenols is 1. The maximum Gasteiger partial charge on any atom is 0.171 e. The number of carbonyl (C=O) groups excluding carboxylic acids is 1. The van der Waals surface area contributed by atoms with Crippen molar-refractivity contribution in [1.82, 2.24) is 0 Å². The first-order valence-electron chi connectivity index (χ1n) is 4.22. The summed E-state index contributed by atoms with van der Waals surface area (Å²) in [6.45, 7) is 3.31. The highest BCUT2D eigenvalue weighted by molar-refractivity contribution is 5.97. The van der Waals surface area contributed by atoms with Gasteiger partial charge in [0.15, 0.2) is 17.3 Å². The van der Waals surface area contributed by atoms with Crippen LogP contribution in [0.25, 0.3) is 0 Å². The summed E-state index contributed by atoms with van der Waals surface area (Å²) in [5.41, 5.74) is 0.0596. The van der Waals surface area contributed by atoms with Crippen molar-refractivity contribution in [2.24, 2.45) is 0 Å². The van der Waals surface area contributed by atoms with E-state index < -0.39 is 5.82 Å². The van der Waals surface area contributed by atoms with Gasteiger partial charge in [-0.25, -0.2) is 4.39 Å². The molecule has 1 rings (SSSR count). The van der Waals surface area contributed by atoms with Crippen LogP contribution >= 0.6 is 0 Å². The number of hydrogen-bond acceptors (Lipinski definition) is 3.